The highest BCUT2D eigenvalue weighted by atomic mass is 35.5. The van der Waals surface area contributed by atoms with E-state index in [0.29, 0.717) is 9.75 Å². The number of ketones is 1. The first-order valence-corrected chi connectivity index (χ1v) is 9.56. The molecule has 0 spiro atoms. The quantitative estimate of drug-likeness (QED) is 0.660. The van der Waals surface area contributed by atoms with Gasteiger partial charge in [0.05, 0.1) is 16.2 Å². The van der Waals surface area contributed by atoms with Crippen LogP contribution in [-0.4, -0.2) is 14.2 Å². The van der Waals surface area contributed by atoms with Crippen molar-refractivity contribution in [1.82, 2.24) is 4.72 Å². The summed E-state index contributed by atoms with van der Waals surface area (Å²) >= 11 is 7.13. The Bertz CT molecular complexity index is 962. The standard InChI is InChI=1S/C16H12ClNO4S2/c17-12-4-1-2-6-15(12)24(20,21)18-10-11-7-8-14(23-11)16(19)13-5-3-9-22-13/h1-9,18H,10H2. The summed E-state index contributed by atoms with van der Waals surface area (Å²) in [6.45, 7) is 0.0731. The second kappa shape index (κ2) is 6.90. The SMILES string of the molecule is O=C(c1ccco1)c1ccc(CNS(=O)(=O)c2ccccc2Cl)s1. The lowest BCUT2D eigenvalue weighted by Gasteiger charge is -2.07. The van der Waals surface area contributed by atoms with Gasteiger partial charge in [0.25, 0.3) is 0 Å². The van der Waals surface area contributed by atoms with Gasteiger partial charge in [-0.15, -0.1) is 11.3 Å². The molecule has 2 heterocycles. The number of furan rings is 1. The molecule has 0 amide bonds. The van der Waals surface area contributed by atoms with E-state index >= 15 is 0 Å². The van der Waals surface area contributed by atoms with Crippen molar-refractivity contribution >= 4 is 38.7 Å². The molecular weight excluding hydrogens is 370 g/mol. The normalized spacial score (nSPS) is 11.5. The van der Waals surface area contributed by atoms with Crippen LogP contribution in [0.2, 0.25) is 5.02 Å². The number of thiophene rings is 1. The second-order valence-corrected chi connectivity index (χ2v) is 8.14. The lowest BCUT2D eigenvalue weighted by Crippen LogP contribution is -2.23. The van der Waals surface area contributed by atoms with Crippen LogP contribution in [0.3, 0.4) is 0 Å². The number of rotatable bonds is 6. The smallest absolute Gasteiger partial charge is 0.242 e. The fraction of sp³-hybridized carbons (Fsp3) is 0.0625. The number of hydrogen-bond donors (Lipinski definition) is 1. The number of sulfonamides is 1. The summed E-state index contributed by atoms with van der Waals surface area (Å²) in [4.78, 5) is 13.4. The van der Waals surface area contributed by atoms with E-state index in [1.165, 1.54) is 29.7 Å². The molecular formula is C16H12ClNO4S2. The maximum absolute atomic E-state index is 12.3. The van der Waals surface area contributed by atoms with Gasteiger partial charge in [0.1, 0.15) is 4.90 Å². The van der Waals surface area contributed by atoms with Crippen LogP contribution >= 0.6 is 22.9 Å². The molecule has 5 nitrogen and oxygen atoms in total. The summed E-state index contributed by atoms with van der Waals surface area (Å²) in [5.74, 6) is 0.0188. The predicted molar refractivity (Wildman–Crippen MR) is 91.9 cm³/mol. The second-order valence-electron chi connectivity index (χ2n) is 4.83. The first-order chi connectivity index (χ1) is 11.5. The Morgan fingerprint density at radius 3 is 2.62 bits per heavy atom. The van der Waals surface area contributed by atoms with E-state index < -0.39 is 10.0 Å². The van der Waals surface area contributed by atoms with Gasteiger partial charge in [-0.05, 0) is 36.4 Å². The van der Waals surface area contributed by atoms with Crippen LogP contribution in [-0.2, 0) is 16.6 Å². The summed E-state index contributed by atoms with van der Waals surface area (Å²) in [7, 11) is -3.72. The third-order valence-electron chi connectivity index (χ3n) is 3.19. The molecule has 0 bridgehead atoms. The maximum Gasteiger partial charge on any atom is 0.242 e. The van der Waals surface area contributed by atoms with Crippen molar-refractivity contribution in [2.45, 2.75) is 11.4 Å². The zero-order valence-electron chi connectivity index (χ0n) is 12.2. The van der Waals surface area contributed by atoms with Gasteiger partial charge in [-0.2, -0.15) is 0 Å². The summed E-state index contributed by atoms with van der Waals surface area (Å²) < 4.78 is 32.1. The number of carbonyl (C=O) groups excluding carboxylic acids is 1. The minimum Gasteiger partial charge on any atom is -0.461 e. The Balaban J connectivity index is 1.72. The molecule has 0 unspecified atom stereocenters. The van der Waals surface area contributed by atoms with Gasteiger partial charge < -0.3 is 4.42 Å². The summed E-state index contributed by atoms with van der Waals surface area (Å²) in [5, 5.41) is 0.157. The average Bonchev–Trinajstić information content (AvgIpc) is 3.24. The van der Waals surface area contributed by atoms with Crippen molar-refractivity contribution in [3.8, 4) is 0 Å². The molecule has 0 saturated heterocycles. The predicted octanol–water partition coefficient (Wildman–Crippen LogP) is 3.70. The highest BCUT2D eigenvalue weighted by molar-refractivity contribution is 7.89. The maximum atomic E-state index is 12.3. The summed E-state index contributed by atoms with van der Waals surface area (Å²) in [6.07, 6.45) is 1.43. The van der Waals surface area contributed by atoms with Gasteiger partial charge in [0.2, 0.25) is 15.8 Å². The van der Waals surface area contributed by atoms with Crippen LogP contribution in [0.25, 0.3) is 0 Å². The minimum atomic E-state index is -3.72. The lowest BCUT2D eigenvalue weighted by atomic mass is 10.2. The van der Waals surface area contributed by atoms with E-state index in [0.717, 1.165) is 0 Å². The van der Waals surface area contributed by atoms with Crippen LogP contribution in [0.4, 0.5) is 0 Å². The highest BCUT2D eigenvalue weighted by Gasteiger charge is 2.18. The molecule has 0 aliphatic heterocycles. The van der Waals surface area contributed by atoms with Gasteiger partial charge in [0, 0.05) is 11.4 Å². The number of nitrogens with one attached hydrogen (secondary N) is 1. The largest absolute Gasteiger partial charge is 0.461 e. The van der Waals surface area contributed by atoms with Crippen LogP contribution < -0.4 is 4.72 Å². The van der Waals surface area contributed by atoms with E-state index in [4.69, 9.17) is 16.0 Å². The van der Waals surface area contributed by atoms with Gasteiger partial charge in [0.15, 0.2) is 5.76 Å². The Kier molecular flexibility index (Phi) is 4.86. The van der Waals surface area contributed by atoms with E-state index in [1.54, 1.807) is 36.4 Å². The zero-order chi connectivity index (χ0) is 17.2. The van der Waals surface area contributed by atoms with E-state index in [9.17, 15) is 13.2 Å². The number of hydrogen-bond acceptors (Lipinski definition) is 5. The van der Waals surface area contributed by atoms with Crippen LogP contribution in [0.5, 0.6) is 0 Å². The molecule has 3 aromatic rings. The van der Waals surface area contributed by atoms with E-state index in [1.807, 2.05) is 0 Å². The first-order valence-electron chi connectivity index (χ1n) is 6.88. The third-order valence-corrected chi connectivity index (χ3v) is 6.18. The monoisotopic (exact) mass is 381 g/mol. The topological polar surface area (TPSA) is 76.4 Å². The lowest BCUT2D eigenvalue weighted by molar-refractivity contribution is 0.101. The summed E-state index contributed by atoms with van der Waals surface area (Å²) in [6, 6.07) is 12.8. The number of benzene rings is 1. The molecule has 3 rings (SSSR count). The molecule has 124 valence electrons. The molecule has 1 aromatic carbocycles. The van der Waals surface area contributed by atoms with Crippen molar-refractivity contribution < 1.29 is 17.6 Å². The summed E-state index contributed by atoms with van der Waals surface area (Å²) in [5.41, 5.74) is 0. The average molecular weight is 382 g/mol. The molecule has 0 fully saturated rings. The molecule has 0 saturated carbocycles. The highest BCUT2D eigenvalue weighted by Crippen LogP contribution is 2.23. The van der Waals surface area contributed by atoms with Gasteiger partial charge in [-0.3, -0.25) is 4.79 Å². The van der Waals surface area contributed by atoms with Crippen molar-refractivity contribution in [1.29, 1.82) is 0 Å². The Morgan fingerprint density at radius 2 is 1.92 bits per heavy atom. The first kappa shape index (κ1) is 16.9. The van der Waals surface area contributed by atoms with Crippen molar-refractivity contribution in [2.24, 2.45) is 0 Å². The molecule has 0 radical (unpaired) electrons. The molecule has 24 heavy (non-hydrogen) atoms. The third kappa shape index (κ3) is 3.59. The minimum absolute atomic E-state index is 0.0232. The fourth-order valence-corrected chi connectivity index (χ4v) is 4.54. The fourth-order valence-electron chi connectivity index (χ4n) is 2.03. The van der Waals surface area contributed by atoms with E-state index in [-0.39, 0.29) is 28.0 Å². The number of halogens is 1. The molecule has 0 aliphatic rings. The van der Waals surface area contributed by atoms with E-state index in [2.05, 4.69) is 4.72 Å². The van der Waals surface area contributed by atoms with Crippen LogP contribution in [0.15, 0.2) is 64.1 Å². The molecule has 0 aliphatic carbocycles. The molecule has 2 aromatic heterocycles. The molecule has 0 atom stereocenters. The van der Waals surface area contributed by atoms with Gasteiger partial charge >= 0.3 is 0 Å². The zero-order valence-corrected chi connectivity index (χ0v) is 14.6. The Hall–Kier alpha value is -1.93. The van der Waals surface area contributed by atoms with Crippen molar-refractivity contribution in [3.05, 3.63) is 75.3 Å². The van der Waals surface area contributed by atoms with Crippen molar-refractivity contribution in [2.75, 3.05) is 0 Å². The van der Waals surface area contributed by atoms with Crippen molar-refractivity contribution in [3.63, 3.8) is 0 Å². The van der Waals surface area contributed by atoms with Crippen LogP contribution in [0.1, 0.15) is 20.3 Å². The Morgan fingerprint density at radius 1 is 1.12 bits per heavy atom. The van der Waals surface area contributed by atoms with Crippen LogP contribution in [0, 0.1) is 0 Å². The van der Waals surface area contributed by atoms with Gasteiger partial charge in [-0.1, -0.05) is 23.7 Å². The Labute approximate surface area is 147 Å². The molecule has 8 heteroatoms. The number of carbonyl (C=O) groups is 1. The molecule has 1 N–H and O–H groups in total. The van der Waals surface area contributed by atoms with Gasteiger partial charge in [-0.25, -0.2) is 13.1 Å².